The number of nitrogens with zero attached hydrogens (tertiary/aromatic N) is 3. The Morgan fingerprint density at radius 3 is 2.45 bits per heavy atom. The first-order chi connectivity index (χ1) is 9.27. The molecule has 0 amide bonds. The molecule has 0 aromatic carbocycles. The summed E-state index contributed by atoms with van der Waals surface area (Å²) in [6.07, 6.45) is 3.85. The van der Waals surface area contributed by atoms with Gasteiger partial charge in [0.15, 0.2) is 7.98 Å². The fourth-order valence-corrected chi connectivity index (χ4v) is 2.57. The van der Waals surface area contributed by atoms with E-state index in [1.165, 1.54) is 0 Å². The lowest BCUT2D eigenvalue weighted by atomic mass is 9.82. The highest BCUT2D eigenvalue weighted by Gasteiger charge is 2.52. The SMILES string of the molecule is [B]N1CC(Cn2cc(B3OC(C)(C)C(C)(C)O3)cn2)C1. The minimum Gasteiger partial charge on any atom is -0.399 e. The van der Waals surface area contributed by atoms with E-state index in [1.54, 1.807) is 0 Å². The molecular formula is C13H21B2N3O2. The molecule has 0 N–H and O–H groups in total. The number of hydrogen-bond donors (Lipinski definition) is 0. The summed E-state index contributed by atoms with van der Waals surface area (Å²) in [6, 6.07) is 0. The molecule has 0 spiro atoms. The molecule has 0 bridgehead atoms. The molecule has 0 unspecified atom stereocenters. The Labute approximate surface area is 122 Å². The molecule has 2 fully saturated rings. The van der Waals surface area contributed by atoms with Crippen LogP contribution in [0.3, 0.4) is 0 Å². The molecule has 0 saturated carbocycles. The summed E-state index contributed by atoms with van der Waals surface area (Å²) in [6.45, 7) is 11.0. The van der Waals surface area contributed by atoms with Crippen LogP contribution in [0, 0.1) is 5.92 Å². The van der Waals surface area contributed by atoms with Crippen LogP contribution in [-0.2, 0) is 15.9 Å². The molecule has 7 heteroatoms. The molecule has 20 heavy (non-hydrogen) atoms. The van der Waals surface area contributed by atoms with E-state index in [0.717, 1.165) is 25.1 Å². The van der Waals surface area contributed by atoms with Crippen molar-refractivity contribution in [2.75, 3.05) is 13.1 Å². The molecule has 2 aliphatic rings. The molecule has 5 nitrogen and oxygen atoms in total. The molecule has 3 rings (SSSR count). The van der Waals surface area contributed by atoms with Crippen LogP contribution in [0.15, 0.2) is 12.4 Å². The highest BCUT2D eigenvalue weighted by atomic mass is 16.7. The summed E-state index contributed by atoms with van der Waals surface area (Å²) in [7, 11) is 5.32. The Balaban J connectivity index is 1.66. The van der Waals surface area contributed by atoms with E-state index in [9.17, 15) is 0 Å². The first-order valence-electron chi connectivity index (χ1n) is 7.14. The first-order valence-corrected chi connectivity index (χ1v) is 7.14. The maximum atomic E-state index is 6.02. The maximum Gasteiger partial charge on any atom is 0.498 e. The zero-order valence-electron chi connectivity index (χ0n) is 12.7. The van der Waals surface area contributed by atoms with E-state index in [-0.39, 0.29) is 18.3 Å². The van der Waals surface area contributed by atoms with Crippen molar-refractivity contribution < 1.29 is 9.31 Å². The van der Waals surface area contributed by atoms with E-state index in [2.05, 4.69) is 32.8 Å². The van der Waals surface area contributed by atoms with E-state index >= 15 is 0 Å². The highest BCUT2D eigenvalue weighted by Crippen LogP contribution is 2.36. The maximum absolute atomic E-state index is 6.02. The quantitative estimate of drug-likeness (QED) is 0.737. The van der Waals surface area contributed by atoms with Crippen LogP contribution >= 0.6 is 0 Å². The summed E-state index contributed by atoms with van der Waals surface area (Å²) >= 11 is 0. The van der Waals surface area contributed by atoms with Gasteiger partial charge in [-0.3, -0.25) is 4.68 Å². The lowest BCUT2D eigenvalue weighted by Crippen LogP contribution is -2.46. The molecule has 106 valence electrons. The second-order valence-corrected chi connectivity index (χ2v) is 6.90. The van der Waals surface area contributed by atoms with Gasteiger partial charge in [0.1, 0.15) is 0 Å². The fraction of sp³-hybridized carbons (Fsp3) is 0.769. The summed E-state index contributed by atoms with van der Waals surface area (Å²) in [5.74, 6) is 0.589. The lowest BCUT2D eigenvalue weighted by molar-refractivity contribution is 0.00578. The average Bonchev–Trinajstić information content (AvgIpc) is 2.81. The molecule has 2 radical (unpaired) electrons. The molecule has 3 heterocycles. The summed E-state index contributed by atoms with van der Waals surface area (Å²) < 4.78 is 14.0. The van der Waals surface area contributed by atoms with Crippen molar-refractivity contribution in [2.24, 2.45) is 5.92 Å². The van der Waals surface area contributed by atoms with Crippen molar-refractivity contribution in [1.29, 1.82) is 0 Å². The van der Waals surface area contributed by atoms with Crippen molar-refractivity contribution >= 4 is 20.6 Å². The second kappa shape index (κ2) is 4.61. The Bertz CT molecular complexity index is 482. The molecule has 2 saturated heterocycles. The smallest absolute Gasteiger partial charge is 0.399 e. The third-order valence-electron chi connectivity index (χ3n) is 4.61. The number of hydrogen-bond acceptors (Lipinski definition) is 4. The Morgan fingerprint density at radius 2 is 1.90 bits per heavy atom. The third-order valence-corrected chi connectivity index (χ3v) is 4.61. The van der Waals surface area contributed by atoms with Crippen LogP contribution < -0.4 is 5.46 Å². The van der Waals surface area contributed by atoms with Crippen LogP contribution in [0.5, 0.6) is 0 Å². The van der Waals surface area contributed by atoms with E-state index in [0.29, 0.717) is 5.92 Å². The van der Waals surface area contributed by atoms with E-state index < -0.39 is 0 Å². The average molecular weight is 273 g/mol. The molecule has 0 atom stereocenters. The normalized spacial score (nSPS) is 25.9. The second-order valence-electron chi connectivity index (χ2n) is 6.90. The van der Waals surface area contributed by atoms with Gasteiger partial charge in [-0.25, -0.2) is 0 Å². The monoisotopic (exact) mass is 273 g/mol. The Hall–Kier alpha value is -0.780. The van der Waals surface area contributed by atoms with Crippen LogP contribution in [0.2, 0.25) is 0 Å². The zero-order valence-corrected chi connectivity index (χ0v) is 12.7. The highest BCUT2D eigenvalue weighted by molar-refractivity contribution is 6.61. The number of aromatic nitrogens is 2. The molecule has 1 aromatic rings. The van der Waals surface area contributed by atoms with Crippen LogP contribution in [0.1, 0.15) is 27.7 Å². The van der Waals surface area contributed by atoms with Crippen LogP contribution in [0.25, 0.3) is 0 Å². The minimum absolute atomic E-state index is 0.312. The van der Waals surface area contributed by atoms with Gasteiger partial charge in [-0.1, -0.05) is 0 Å². The molecule has 0 aliphatic carbocycles. The standard InChI is InChI=1S/C13H21B2N3O2/c1-12(2)13(3,4)20-15(19-12)11-5-16-18(9-11)8-10-6-17(14)7-10/h5,9-10H,6-8H2,1-4H3. The van der Waals surface area contributed by atoms with Crippen molar-refractivity contribution in [3.8, 4) is 0 Å². The minimum atomic E-state index is -0.332. The van der Waals surface area contributed by atoms with E-state index in [4.69, 9.17) is 17.3 Å². The predicted octanol–water partition coefficient (Wildman–Crippen LogP) is 0.198. The van der Waals surface area contributed by atoms with Gasteiger partial charge in [-0.2, -0.15) is 5.10 Å². The van der Waals surface area contributed by atoms with Gasteiger partial charge < -0.3 is 14.1 Å². The zero-order chi connectivity index (χ0) is 14.5. The Morgan fingerprint density at radius 1 is 1.30 bits per heavy atom. The summed E-state index contributed by atoms with van der Waals surface area (Å²) in [5, 5.41) is 4.40. The molecule has 2 aliphatic heterocycles. The van der Waals surface area contributed by atoms with Gasteiger partial charge in [0.2, 0.25) is 0 Å². The molecule has 1 aromatic heterocycles. The van der Waals surface area contributed by atoms with Crippen LogP contribution in [0.4, 0.5) is 0 Å². The third kappa shape index (κ3) is 2.43. The van der Waals surface area contributed by atoms with Crippen molar-refractivity contribution in [3.63, 3.8) is 0 Å². The first kappa shape index (κ1) is 14.2. The van der Waals surface area contributed by atoms with Crippen molar-refractivity contribution in [1.82, 2.24) is 14.6 Å². The van der Waals surface area contributed by atoms with Gasteiger partial charge in [0.25, 0.3) is 0 Å². The van der Waals surface area contributed by atoms with Gasteiger partial charge >= 0.3 is 7.12 Å². The van der Waals surface area contributed by atoms with Crippen LogP contribution in [-0.4, -0.2) is 54.0 Å². The van der Waals surface area contributed by atoms with Gasteiger partial charge in [0.05, 0.1) is 11.2 Å². The van der Waals surface area contributed by atoms with Gasteiger partial charge in [0, 0.05) is 30.3 Å². The van der Waals surface area contributed by atoms with Gasteiger partial charge in [-0.15, -0.1) is 0 Å². The largest absolute Gasteiger partial charge is 0.498 e. The van der Waals surface area contributed by atoms with Crippen molar-refractivity contribution in [2.45, 2.75) is 45.4 Å². The Kier molecular flexibility index (Phi) is 3.27. The summed E-state index contributed by atoms with van der Waals surface area (Å²) in [4.78, 5) is 1.82. The lowest BCUT2D eigenvalue weighted by Gasteiger charge is -2.36. The fourth-order valence-electron chi connectivity index (χ4n) is 2.57. The molecular weight excluding hydrogens is 252 g/mol. The summed E-state index contributed by atoms with van der Waals surface area (Å²) in [5.41, 5.74) is 0.356. The predicted molar refractivity (Wildman–Crippen MR) is 78.8 cm³/mol. The van der Waals surface area contributed by atoms with Crippen molar-refractivity contribution in [3.05, 3.63) is 12.4 Å². The van der Waals surface area contributed by atoms with E-state index in [1.807, 2.05) is 21.9 Å². The van der Waals surface area contributed by atoms with Gasteiger partial charge in [-0.05, 0) is 40.8 Å². The number of rotatable bonds is 3. The topological polar surface area (TPSA) is 39.5 Å².